The topological polar surface area (TPSA) is 46.9 Å². The van der Waals surface area contributed by atoms with Gasteiger partial charge in [-0.05, 0) is 35.9 Å². The normalized spacial score (nSPS) is 11.7. The number of nitrogens with one attached hydrogen (secondary N) is 1. The summed E-state index contributed by atoms with van der Waals surface area (Å²) in [6.45, 7) is 0.295. The molecule has 0 radical (unpaired) electrons. The molecule has 0 saturated heterocycles. The molecule has 0 unspecified atom stereocenters. The van der Waals surface area contributed by atoms with E-state index < -0.39 is 11.7 Å². The fraction of sp³-hybridized carbons (Fsp3) is 0.100. The van der Waals surface area contributed by atoms with Crippen molar-refractivity contribution in [1.82, 2.24) is 15.1 Å². The quantitative estimate of drug-likeness (QED) is 0.683. The summed E-state index contributed by atoms with van der Waals surface area (Å²) in [6, 6.07) is 14.2. The molecule has 0 aliphatic rings. The highest BCUT2D eigenvalue weighted by Gasteiger charge is 2.29. The van der Waals surface area contributed by atoms with Gasteiger partial charge in [-0.3, -0.25) is 4.79 Å². The van der Waals surface area contributed by atoms with Crippen LogP contribution in [0, 0.1) is 0 Å². The van der Waals surface area contributed by atoms with E-state index in [1.165, 1.54) is 24.3 Å². The number of aromatic nitrogens is 2. The van der Waals surface area contributed by atoms with Gasteiger partial charge >= 0.3 is 6.18 Å². The van der Waals surface area contributed by atoms with Gasteiger partial charge in [0.25, 0.3) is 0 Å². The molecule has 0 aliphatic carbocycles. The molecule has 7 heteroatoms. The first-order valence-electron chi connectivity index (χ1n) is 8.14. The summed E-state index contributed by atoms with van der Waals surface area (Å²) in [6.07, 6.45) is 1.85. The molecular formula is C20H16F3N3O. The van der Waals surface area contributed by atoms with Gasteiger partial charge in [-0.15, -0.1) is 0 Å². The second-order valence-electron chi connectivity index (χ2n) is 5.80. The molecule has 4 nitrogen and oxygen atoms in total. The van der Waals surface area contributed by atoms with Crippen LogP contribution >= 0.6 is 0 Å². The Labute approximate surface area is 153 Å². The van der Waals surface area contributed by atoms with Crippen LogP contribution in [-0.2, 0) is 17.5 Å². The van der Waals surface area contributed by atoms with Crippen LogP contribution in [-0.4, -0.2) is 15.7 Å². The highest BCUT2D eigenvalue weighted by molar-refractivity contribution is 5.91. The lowest BCUT2D eigenvalue weighted by Gasteiger charge is -2.05. The molecule has 138 valence electrons. The van der Waals surface area contributed by atoms with E-state index in [1.807, 2.05) is 36.5 Å². The largest absolute Gasteiger partial charge is 0.416 e. The van der Waals surface area contributed by atoms with E-state index in [0.29, 0.717) is 12.1 Å². The average Bonchev–Trinajstić information content (AvgIpc) is 3.14. The van der Waals surface area contributed by atoms with Crippen molar-refractivity contribution in [3.8, 4) is 5.69 Å². The molecular weight excluding hydrogens is 355 g/mol. The lowest BCUT2D eigenvalue weighted by atomic mass is 10.1. The maximum atomic E-state index is 12.5. The third-order valence-electron chi connectivity index (χ3n) is 3.79. The summed E-state index contributed by atoms with van der Waals surface area (Å²) in [4.78, 5) is 11.9. The molecule has 0 fully saturated rings. The van der Waals surface area contributed by atoms with Gasteiger partial charge in [-0.1, -0.05) is 30.3 Å². The maximum absolute atomic E-state index is 12.5. The Bertz CT molecular complexity index is 929. The molecule has 3 aromatic rings. The molecule has 0 aliphatic heterocycles. The first kappa shape index (κ1) is 18.4. The van der Waals surface area contributed by atoms with Crippen LogP contribution < -0.4 is 5.32 Å². The number of carbonyl (C=O) groups excluding carboxylic acids is 1. The van der Waals surface area contributed by atoms with Crippen molar-refractivity contribution in [2.45, 2.75) is 12.7 Å². The Hall–Kier alpha value is -3.35. The Morgan fingerprint density at radius 3 is 2.44 bits per heavy atom. The van der Waals surface area contributed by atoms with Gasteiger partial charge in [0.2, 0.25) is 5.91 Å². The molecule has 0 bridgehead atoms. The fourth-order valence-corrected chi connectivity index (χ4v) is 2.38. The van der Waals surface area contributed by atoms with Crippen LogP contribution in [0.15, 0.2) is 73.1 Å². The highest BCUT2D eigenvalue weighted by Crippen LogP contribution is 2.29. The van der Waals surface area contributed by atoms with Crippen molar-refractivity contribution < 1.29 is 18.0 Å². The summed E-state index contributed by atoms with van der Waals surface area (Å²) in [5, 5.41) is 6.95. The molecule has 3 rings (SSSR count). The molecule has 1 amide bonds. The van der Waals surface area contributed by atoms with Crippen LogP contribution in [0.2, 0.25) is 0 Å². The first-order valence-corrected chi connectivity index (χ1v) is 8.14. The summed E-state index contributed by atoms with van der Waals surface area (Å²) >= 11 is 0. The molecule has 1 aromatic heterocycles. The van der Waals surface area contributed by atoms with E-state index in [2.05, 4.69) is 10.4 Å². The van der Waals surface area contributed by atoms with Gasteiger partial charge in [0.05, 0.1) is 17.4 Å². The van der Waals surface area contributed by atoms with Gasteiger partial charge in [0, 0.05) is 24.4 Å². The Balaban J connectivity index is 1.54. The minimum absolute atomic E-state index is 0.295. The second kappa shape index (κ2) is 7.90. The minimum Gasteiger partial charge on any atom is -0.348 e. The average molecular weight is 371 g/mol. The van der Waals surface area contributed by atoms with E-state index in [0.717, 1.165) is 23.4 Å². The Morgan fingerprint density at radius 1 is 1.07 bits per heavy atom. The number of amides is 1. The fourth-order valence-electron chi connectivity index (χ4n) is 2.38. The third kappa shape index (κ3) is 5.07. The first-order chi connectivity index (χ1) is 12.9. The molecule has 27 heavy (non-hydrogen) atoms. The van der Waals surface area contributed by atoms with Crippen molar-refractivity contribution in [1.29, 1.82) is 0 Å². The van der Waals surface area contributed by atoms with Crippen LogP contribution in [0.4, 0.5) is 13.2 Å². The lowest BCUT2D eigenvalue weighted by molar-refractivity contribution is -0.137. The molecule has 1 N–H and O–H groups in total. The molecule has 2 aromatic carbocycles. The van der Waals surface area contributed by atoms with Crippen molar-refractivity contribution in [2.75, 3.05) is 0 Å². The zero-order valence-electron chi connectivity index (χ0n) is 14.1. The van der Waals surface area contributed by atoms with Crippen LogP contribution in [0.1, 0.15) is 16.7 Å². The lowest BCUT2D eigenvalue weighted by Crippen LogP contribution is -2.19. The van der Waals surface area contributed by atoms with Crippen LogP contribution in [0.5, 0.6) is 0 Å². The number of hydrogen-bond acceptors (Lipinski definition) is 2. The van der Waals surface area contributed by atoms with Crippen molar-refractivity contribution >= 4 is 12.0 Å². The van der Waals surface area contributed by atoms with E-state index in [4.69, 9.17) is 0 Å². The number of nitrogens with zero attached hydrogens (tertiary/aromatic N) is 2. The summed E-state index contributed by atoms with van der Waals surface area (Å²) < 4.78 is 39.3. The van der Waals surface area contributed by atoms with E-state index in [1.54, 1.807) is 10.9 Å². The predicted molar refractivity (Wildman–Crippen MR) is 95.9 cm³/mol. The monoisotopic (exact) mass is 371 g/mol. The highest BCUT2D eigenvalue weighted by atomic mass is 19.4. The Kier molecular flexibility index (Phi) is 5.40. The van der Waals surface area contributed by atoms with Crippen molar-refractivity contribution in [2.24, 2.45) is 0 Å². The van der Waals surface area contributed by atoms with E-state index in [9.17, 15) is 18.0 Å². The van der Waals surface area contributed by atoms with Gasteiger partial charge in [-0.25, -0.2) is 4.68 Å². The van der Waals surface area contributed by atoms with Crippen LogP contribution in [0.25, 0.3) is 11.8 Å². The van der Waals surface area contributed by atoms with Gasteiger partial charge in [0.1, 0.15) is 0 Å². The number of halogens is 3. The van der Waals surface area contributed by atoms with E-state index in [-0.39, 0.29) is 5.91 Å². The summed E-state index contributed by atoms with van der Waals surface area (Å²) in [5.41, 5.74) is 1.53. The molecule has 0 atom stereocenters. The Morgan fingerprint density at radius 2 is 1.78 bits per heavy atom. The zero-order chi connectivity index (χ0) is 19.3. The summed E-state index contributed by atoms with van der Waals surface area (Å²) in [5.74, 6) is -0.345. The molecule has 0 saturated carbocycles. The maximum Gasteiger partial charge on any atom is 0.416 e. The third-order valence-corrected chi connectivity index (χ3v) is 3.79. The number of carbonyl (C=O) groups is 1. The molecule has 0 spiro atoms. The van der Waals surface area contributed by atoms with Gasteiger partial charge in [-0.2, -0.15) is 18.3 Å². The number of para-hydroxylation sites is 1. The van der Waals surface area contributed by atoms with Gasteiger partial charge < -0.3 is 5.32 Å². The van der Waals surface area contributed by atoms with Crippen molar-refractivity contribution in [3.63, 3.8) is 0 Å². The van der Waals surface area contributed by atoms with Gasteiger partial charge in [0.15, 0.2) is 0 Å². The van der Waals surface area contributed by atoms with E-state index >= 15 is 0 Å². The van der Waals surface area contributed by atoms with Crippen LogP contribution in [0.3, 0.4) is 0 Å². The smallest absolute Gasteiger partial charge is 0.348 e. The number of rotatable bonds is 5. The number of alkyl halides is 3. The predicted octanol–water partition coefficient (Wildman–Crippen LogP) is 4.22. The summed E-state index contributed by atoms with van der Waals surface area (Å²) in [7, 11) is 0. The van der Waals surface area contributed by atoms with Crippen molar-refractivity contribution in [3.05, 3.63) is 89.8 Å². The molecule has 1 heterocycles. The standard InChI is InChI=1S/C20H16F3N3O/c21-20(22,23)17-9-6-15(7-10-17)8-11-19(27)24-12-16-13-25-26(14-16)18-4-2-1-3-5-18/h1-11,13-14H,12H2,(H,24,27)/b11-8+. The zero-order valence-corrected chi connectivity index (χ0v) is 14.1. The number of benzene rings is 2. The second-order valence-corrected chi connectivity index (χ2v) is 5.80. The SMILES string of the molecule is O=C(/C=C/c1ccc(C(F)(F)F)cc1)NCc1cnn(-c2ccccc2)c1. The number of hydrogen-bond donors (Lipinski definition) is 1. The minimum atomic E-state index is -4.37.